The van der Waals surface area contributed by atoms with Crippen molar-refractivity contribution >= 4 is 17.3 Å². The Kier molecular flexibility index (Phi) is 3.75. The average molecular weight is 247 g/mol. The molecule has 4 heteroatoms. The van der Waals surface area contributed by atoms with Crippen molar-refractivity contribution in [3.8, 4) is 0 Å². The fourth-order valence-electron chi connectivity index (χ4n) is 2.13. The van der Waals surface area contributed by atoms with Crippen LogP contribution in [0.15, 0.2) is 18.2 Å². The largest absolute Gasteiger partial charge is 0.399 e. The highest BCUT2D eigenvalue weighted by Gasteiger charge is 2.32. The molecule has 0 radical (unpaired) electrons. The number of amides is 1. The van der Waals surface area contributed by atoms with Gasteiger partial charge in [0.25, 0.3) is 5.91 Å². The first kappa shape index (κ1) is 12.7. The summed E-state index contributed by atoms with van der Waals surface area (Å²) in [4.78, 5) is 14.4. The van der Waals surface area contributed by atoms with Crippen LogP contribution in [0.1, 0.15) is 43.0 Å². The van der Waals surface area contributed by atoms with Gasteiger partial charge in [0.2, 0.25) is 0 Å². The number of hydrogen-bond acceptors (Lipinski definition) is 3. The molecule has 0 saturated heterocycles. The van der Waals surface area contributed by atoms with Gasteiger partial charge in [-0.2, -0.15) is 0 Å². The zero-order valence-electron chi connectivity index (χ0n) is 10.9. The molecule has 0 bridgehead atoms. The molecule has 0 heterocycles. The molecule has 1 aliphatic rings. The third-order valence-electron chi connectivity index (χ3n) is 3.23. The van der Waals surface area contributed by atoms with Crippen LogP contribution in [0.5, 0.6) is 0 Å². The summed E-state index contributed by atoms with van der Waals surface area (Å²) in [7, 11) is 0. The smallest absolute Gasteiger partial charge is 0.254 e. The fraction of sp³-hybridized carbons (Fsp3) is 0.500. The van der Waals surface area contributed by atoms with Crippen molar-refractivity contribution in [2.24, 2.45) is 0 Å². The Bertz CT molecular complexity index is 420. The van der Waals surface area contributed by atoms with Gasteiger partial charge in [-0.3, -0.25) is 4.79 Å². The highest BCUT2D eigenvalue weighted by atomic mass is 16.2. The molecule has 1 saturated carbocycles. The van der Waals surface area contributed by atoms with Gasteiger partial charge in [0, 0.05) is 29.5 Å². The van der Waals surface area contributed by atoms with Crippen molar-refractivity contribution in [1.82, 2.24) is 4.90 Å². The summed E-state index contributed by atoms with van der Waals surface area (Å²) in [6, 6.07) is 5.51. The molecule has 0 atom stereocenters. The number of nitrogens with zero attached hydrogens (tertiary/aromatic N) is 1. The summed E-state index contributed by atoms with van der Waals surface area (Å²) in [5.74, 6) is 0.0601. The van der Waals surface area contributed by atoms with E-state index < -0.39 is 0 Å². The first-order valence-corrected chi connectivity index (χ1v) is 6.59. The van der Waals surface area contributed by atoms with E-state index in [0.717, 1.165) is 32.2 Å². The molecule has 4 nitrogen and oxygen atoms in total. The van der Waals surface area contributed by atoms with Crippen LogP contribution in [0.2, 0.25) is 0 Å². The van der Waals surface area contributed by atoms with Gasteiger partial charge in [-0.1, -0.05) is 13.3 Å². The van der Waals surface area contributed by atoms with E-state index >= 15 is 0 Å². The van der Waals surface area contributed by atoms with E-state index in [1.165, 1.54) is 0 Å². The Morgan fingerprint density at radius 1 is 1.28 bits per heavy atom. The Hall–Kier alpha value is -1.71. The molecule has 0 aliphatic heterocycles. The lowest BCUT2D eigenvalue weighted by atomic mass is 10.1. The maximum Gasteiger partial charge on any atom is 0.254 e. The maximum absolute atomic E-state index is 12.5. The van der Waals surface area contributed by atoms with E-state index in [-0.39, 0.29) is 5.91 Å². The number of carbonyl (C=O) groups is 1. The number of rotatable bonds is 5. The van der Waals surface area contributed by atoms with Gasteiger partial charge in [-0.05, 0) is 37.5 Å². The zero-order valence-corrected chi connectivity index (χ0v) is 10.9. The van der Waals surface area contributed by atoms with E-state index in [9.17, 15) is 4.79 Å². The Labute approximate surface area is 108 Å². The molecule has 1 aromatic carbocycles. The third-order valence-corrected chi connectivity index (χ3v) is 3.23. The van der Waals surface area contributed by atoms with Gasteiger partial charge < -0.3 is 16.4 Å². The van der Waals surface area contributed by atoms with Crippen molar-refractivity contribution in [3.05, 3.63) is 23.8 Å². The summed E-state index contributed by atoms with van der Waals surface area (Å²) in [6.45, 7) is 2.96. The molecule has 1 amide bonds. The summed E-state index contributed by atoms with van der Waals surface area (Å²) in [6.07, 6.45) is 4.37. The van der Waals surface area contributed by atoms with Crippen molar-refractivity contribution in [1.29, 1.82) is 0 Å². The molecule has 1 aliphatic carbocycles. The molecule has 0 aromatic heterocycles. The minimum Gasteiger partial charge on any atom is -0.399 e. The Morgan fingerprint density at radius 2 is 1.89 bits per heavy atom. The molecule has 2 rings (SSSR count). The van der Waals surface area contributed by atoms with Crippen molar-refractivity contribution < 1.29 is 4.79 Å². The number of carbonyl (C=O) groups excluding carboxylic acids is 1. The molecule has 18 heavy (non-hydrogen) atoms. The minimum absolute atomic E-state index is 0.0601. The van der Waals surface area contributed by atoms with E-state index in [4.69, 9.17) is 11.5 Å². The first-order valence-electron chi connectivity index (χ1n) is 6.59. The van der Waals surface area contributed by atoms with Crippen LogP contribution in [0, 0.1) is 0 Å². The normalized spacial score (nSPS) is 14.5. The van der Waals surface area contributed by atoms with Crippen molar-refractivity contribution in [2.45, 2.75) is 38.6 Å². The highest BCUT2D eigenvalue weighted by Crippen LogP contribution is 2.29. The fourth-order valence-corrected chi connectivity index (χ4v) is 2.13. The minimum atomic E-state index is 0.0601. The van der Waals surface area contributed by atoms with E-state index in [0.29, 0.717) is 23.0 Å². The molecule has 4 N–H and O–H groups in total. The molecular formula is C14H21N3O. The monoisotopic (exact) mass is 247 g/mol. The Morgan fingerprint density at radius 3 is 2.39 bits per heavy atom. The molecule has 98 valence electrons. The lowest BCUT2D eigenvalue weighted by molar-refractivity contribution is 0.0741. The van der Waals surface area contributed by atoms with Crippen LogP contribution in [-0.2, 0) is 0 Å². The van der Waals surface area contributed by atoms with Gasteiger partial charge in [0.15, 0.2) is 0 Å². The number of unbranched alkanes of at least 4 members (excludes halogenated alkanes) is 1. The lowest BCUT2D eigenvalue weighted by Crippen LogP contribution is -2.34. The van der Waals surface area contributed by atoms with E-state index in [2.05, 4.69) is 6.92 Å². The quantitative estimate of drug-likeness (QED) is 0.784. The topological polar surface area (TPSA) is 72.3 Å². The highest BCUT2D eigenvalue weighted by molar-refractivity contribution is 5.96. The first-order chi connectivity index (χ1) is 8.61. The molecule has 1 aromatic rings. The summed E-state index contributed by atoms with van der Waals surface area (Å²) in [5.41, 5.74) is 13.2. The van der Waals surface area contributed by atoms with Gasteiger partial charge in [-0.25, -0.2) is 0 Å². The second-order valence-corrected chi connectivity index (χ2v) is 4.97. The predicted octanol–water partition coefficient (Wildman–Crippen LogP) is 2.26. The van der Waals surface area contributed by atoms with Gasteiger partial charge >= 0.3 is 0 Å². The van der Waals surface area contributed by atoms with Crippen LogP contribution >= 0.6 is 0 Å². The van der Waals surface area contributed by atoms with Crippen molar-refractivity contribution in [2.75, 3.05) is 18.0 Å². The third kappa shape index (κ3) is 2.94. The molecular weight excluding hydrogens is 226 g/mol. The van der Waals surface area contributed by atoms with Crippen molar-refractivity contribution in [3.63, 3.8) is 0 Å². The molecule has 1 fully saturated rings. The number of hydrogen-bond donors (Lipinski definition) is 2. The summed E-state index contributed by atoms with van der Waals surface area (Å²) in [5, 5.41) is 0. The number of nitrogens with two attached hydrogens (primary N) is 2. The van der Waals surface area contributed by atoms with Gasteiger partial charge in [-0.15, -0.1) is 0 Å². The maximum atomic E-state index is 12.5. The van der Waals surface area contributed by atoms with Crippen LogP contribution in [0.4, 0.5) is 11.4 Å². The predicted molar refractivity (Wildman–Crippen MR) is 74.2 cm³/mol. The van der Waals surface area contributed by atoms with Crippen LogP contribution in [-0.4, -0.2) is 23.4 Å². The van der Waals surface area contributed by atoms with E-state index in [1.807, 2.05) is 4.90 Å². The molecule has 0 unspecified atom stereocenters. The zero-order chi connectivity index (χ0) is 13.1. The van der Waals surface area contributed by atoms with Crippen LogP contribution < -0.4 is 11.5 Å². The van der Waals surface area contributed by atoms with Crippen LogP contribution in [0.25, 0.3) is 0 Å². The van der Waals surface area contributed by atoms with Gasteiger partial charge in [0.1, 0.15) is 0 Å². The number of anilines is 2. The molecule has 0 spiro atoms. The second-order valence-electron chi connectivity index (χ2n) is 4.97. The summed E-state index contributed by atoms with van der Waals surface area (Å²) >= 11 is 0. The standard InChI is InChI=1S/C14H21N3O/c1-2-3-6-17(13-4-5-13)14(18)10-7-11(15)9-12(16)8-10/h7-9,13H,2-6,15-16H2,1H3. The lowest BCUT2D eigenvalue weighted by Gasteiger charge is -2.22. The van der Waals surface area contributed by atoms with Gasteiger partial charge in [0.05, 0.1) is 0 Å². The van der Waals surface area contributed by atoms with Crippen LogP contribution in [0.3, 0.4) is 0 Å². The second kappa shape index (κ2) is 5.29. The number of benzene rings is 1. The summed E-state index contributed by atoms with van der Waals surface area (Å²) < 4.78 is 0. The van der Waals surface area contributed by atoms with E-state index in [1.54, 1.807) is 18.2 Å². The Balaban J connectivity index is 2.16. The average Bonchev–Trinajstić information content (AvgIpc) is 3.12. The SMILES string of the molecule is CCCCN(C(=O)c1cc(N)cc(N)c1)C1CC1. The number of nitrogen functional groups attached to an aromatic ring is 2.